The number of methoxy groups -OCH3 is 2. The van der Waals surface area contributed by atoms with E-state index in [0.29, 0.717) is 23.7 Å². The highest BCUT2D eigenvalue weighted by Crippen LogP contribution is 2.30. The Balaban J connectivity index is 2.28. The number of anilines is 1. The number of imide groups is 1. The summed E-state index contributed by atoms with van der Waals surface area (Å²) in [7, 11) is 3.08. The second-order valence-corrected chi connectivity index (χ2v) is 4.14. The van der Waals surface area contributed by atoms with Crippen molar-refractivity contribution < 1.29 is 19.1 Å². The van der Waals surface area contributed by atoms with Crippen molar-refractivity contribution in [1.82, 2.24) is 4.90 Å². The van der Waals surface area contributed by atoms with Gasteiger partial charge >= 0.3 is 0 Å². The average molecular weight is 276 g/mol. The van der Waals surface area contributed by atoms with E-state index in [1.165, 1.54) is 13.2 Å². The zero-order chi connectivity index (χ0) is 14.7. The van der Waals surface area contributed by atoms with Gasteiger partial charge in [-0.3, -0.25) is 14.5 Å². The van der Waals surface area contributed by atoms with Crippen LogP contribution in [0.2, 0.25) is 0 Å². The molecule has 1 aromatic carbocycles. The van der Waals surface area contributed by atoms with Crippen molar-refractivity contribution in [3.05, 3.63) is 30.0 Å². The lowest BCUT2D eigenvalue weighted by molar-refractivity contribution is -0.136. The standard InChI is InChI=1S/C14H16N2O4/c1-4-16-13(17)8-11(14(16)18)15-10-7-9(19-2)5-6-12(10)20-3/h5-8,15H,4H2,1-3H3. The summed E-state index contributed by atoms with van der Waals surface area (Å²) >= 11 is 0. The fourth-order valence-corrected chi connectivity index (χ4v) is 1.95. The number of amides is 2. The summed E-state index contributed by atoms with van der Waals surface area (Å²) in [5.41, 5.74) is 0.792. The number of carbonyl (C=O) groups excluding carboxylic acids is 2. The Hall–Kier alpha value is -2.50. The molecule has 0 unspecified atom stereocenters. The second kappa shape index (κ2) is 5.64. The van der Waals surface area contributed by atoms with Gasteiger partial charge in [0.2, 0.25) is 0 Å². The van der Waals surface area contributed by atoms with Gasteiger partial charge in [0.1, 0.15) is 17.2 Å². The predicted octanol–water partition coefficient (Wildman–Crippen LogP) is 1.39. The molecule has 1 aliphatic heterocycles. The largest absolute Gasteiger partial charge is 0.497 e. The van der Waals surface area contributed by atoms with Crippen LogP contribution >= 0.6 is 0 Å². The Bertz CT molecular complexity index is 581. The molecule has 1 aliphatic rings. The highest BCUT2D eigenvalue weighted by molar-refractivity contribution is 6.17. The van der Waals surface area contributed by atoms with Gasteiger partial charge in [-0.2, -0.15) is 0 Å². The van der Waals surface area contributed by atoms with Gasteiger partial charge < -0.3 is 14.8 Å². The first-order valence-electron chi connectivity index (χ1n) is 6.17. The summed E-state index contributed by atoms with van der Waals surface area (Å²) in [6.07, 6.45) is 1.28. The molecule has 20 heavy (non-hydrogen) atoms. The first-order chi connectivity index (χ1) is 9.60. The van der Waals surface area contributed by atoms with Gasteiger partial charge in [-0.25, -0.2) is 0 Å². The van der Waals surface area contributed by atoms with E-state index in [9.17, 15) is 9.59 Å². The van der Waals surface area contributed by atoms with Crippen LogP contribution < -0.4 is 14.8 Å². The van der Waals surface area contributed by atoms with Gasteiger partial charge in [-0.1, -0.05) is 0 Å². The van der Waals surface area contributed by atoms with Crippen molar-refractivity contribution in [3.63, 3.8) is 0 Å². The zero-order valence-corrected chi connectivity index (χ0v) is 11.6. The summed E-state index contributed by atoms with van der Waals surface area (Å²) < 4.78 is 10.3. The third kappa shape index (κ3) is 2.45. The van der Waals surface area contributed by atoms with Crippen LogP contribution in [-0.2, 0) is 9.59 Å². The number of carbonyl (C=O) groups is 2. The van der Waals surface area contributed by atoms with Gasteiger partial charge in [0.05, 0.1) is 19.9 Å². The van der Waals surface area contributed by atoms with Crippen molar-refractivity contribution in [2.45, 2.75) is 6.92 Å². The third-order valence-corrected chi connectivity index (χ3v) is 3.00. The van der Waals surface area contributed by atoms with Crippen LogP contribution in [0.4, 0.5) is 5.69 Å². The van der Waals surface area contributed by atoms with E-state index in [1.807, 2.05) is 0 Å². The fraction of sp³-hybridized carbons (Fsp3) is 0.286. The molecule has 0 radical (unpaired) electrons. The average Bonchev–Trinajstić information content (AvgIpc) is 2.72. The maximum absolute atomic E-state index is 12.0. The molecule has 1 aromatic rings. The normalized spacial score (nSPS) is 14.3. The molecule has 1 N–H and O–H groups in total. The molecule has 6 nitrogen and oxygen atoms in total. The molecule has 0 saturated carbocycles. The van der Waals surface area contributed by atoms with E-state index in [0.717, 1.165) is 4.90 Å². The zero-order valence-electron chi connectivity index (χ0n) is 11.6. The smallest absolute Gasteiger partial charge is 0.277 e. The van der Waals surface area contributed by atoms with Crippen LogP contribution in [0.5, 0.6) is 11.5 Å². The molecular formula is C14H16N2O4. The molecule has 0 aliphatic carbocycles. The number of likely N-dealkylation sites (N-methyl/N-ethyl adjacent to an activating group) is 1. The Morgan fingerprint density at radius 1 is 1.20 bits per heavy atom. The summed E-state index contributed by atoms with van der Waals surface area (Å²) in [5, 5.41) is 2.92. The Labute approximate surface area is 117 Å². The molecule has 6 heteroatoms. The van der Waals surface area contributed by atoms with E-state index in [4.69, 9.17) is 9.47 Å². The van der Waals surface area contributed by atoms with Gasteiger partial charge in [-0.15, -0.1) is 0 Å². The predicted molar refractivity (Wildman–Crippen MR) is 73.6 cm³/mol. The Kier molecular flexibility index (Phi) is 3.93. The SMILES string of the molecule is CCN1C(=O)C=C(Nc2cc(OC)ccc2OC)C1=O. The summed E-state index contributed by atoms with van der Waals surface area (Å²) in [6, 6.07) is 5.17. The molecule has 0 saturated heterocycles. The first-order valence-corrected chi connectivity index (χ1v) is 6.17. The van der Waals surface area contributed by atoms with Crippen molar-refractivity contribution in [2.75, 3.05) is 26.1 Å². The number of rotatable bonds is 5. The van der Waals surface area contributed by atoms with Gasteiger partial charge in [0.15, 0.2) is 0 Å². The molecular weight excluding hydrogens is 260 g/mol. The lowest BCUT2D eigenvalue weighted by atomic mass is 10.2. The van der Waals surface area contributed by atoms with Gasteiger partial charge in [0.25, 0.3) is 11.8 Å². The Morgan fingerprint density at radius 2 is 1.95 bits per heavy atom. The third-order valence-electron chi connectivity index (χ3n) is 3.00. The molecule has 106 valence electrons. The number of benzene rings is 1. The molecule has 0 fully saturated rings. The summed E-state index contributed by atoms with van der Waals surface area (Å²) in [6.45, 7) is 2.09. The number of hydrogen-bond acceptors (Lipinski definition) is 5. The van der Waals surface area contributed by atoms with Crippen LogP contribution in [-0.4, -0.2) is 37.5 Å². The minimum absolute atomic E-state index is 0.225. The Morgan fingerprint density at radius 3 is 2.50 bits per heavy atom. The topological polar surface area (TPSA) is 67.9 Å². The van der Waals surface area contributed by atoms with Crippen LogP contribution in [0, 0.1) is 0 Å². The van der Waals surface area contributed by atoms with E-state index < -0.39 is 0 Å². The molecule has 2 amide bonds. The summed E-state index contributed by atoms with van der Waals surface area (Å²) in [4.78, 5) is 24.8. The number of ether oxygens (including phenoxy) is 2. The highest BCUT2D eigenvalue weighted by atomic mass is 16.5. The molecule has 1 heterocycles. The lowest BCUT2D eigenvalue weighted by Gasteiger charge is -2.14. The molecule has 0 atom stereocenters. The van der Waals surface area contributed by atoms with Crippen LogP contribution in [0.15, 0.2) is 30.0 Å². The number of hydrogen-bond donors (Lipinski definition) is 1. The number of nitrogens with one attached hydrogen (secondary N) is 1. The highest BCUT2D eigenvalue weighted by Gasteiger charge is 2.30. The van der Waals surface area contributed by atoms with E-state index in [1.54, 1.807) is 32.2 Å². The van der Waals surface area contributed by atoms with Crippen LogP contribution in [0.3, 0.4) is 0 Å². The molecule has 0 aromatic heterocycles. The van der Waals surface area contributed by atoms with Crippen molar-refractivity contribution in [2.24, 2.45) is 0 Å². The maximum atomic E-state index is 12.0. The minimum atomic E-state index is -0.345. The van der Waals surface area contributed by atoms with Crippen molar-refractivity contribution in [1.29, 1.82) is 0 Å². The van der Waals surface area contributed by atoms with Gasteiger partial charge in [0, 0.05) is 18.7 Å². The van der Waals surface area contributed by atoms with Crippen molar-refractivity contribution >= 4 is 17.5 Å². The van der Waals surface area contributed by atoms with Crippen LogP contribution in [0.25, 0.3) is 0 Å². The van der Waals surface area contributed by atoms with E-state index in [2.05, 4.69) is 5.32 Å². The van der Waals surface area contributed by atoms with Crippen molar-refractivity contribution in [3.8, 4) is 11.5 Å². The van der Waals surface area contributed by atoms with E-state index in [-0.39, 0.29) is 17.5 Å². The quantitative estimate of drug-likeness (QED) is 0.823. The van der Waals surface area contributed by atoms with Gasteiger partial charge in [-0.05, 0) is 19.1 Å². The fourth-order valence-electron chi connectivity index (χ4n) is 1.95. The minimum Gasteiger partial charge on any atom is -0.497 e. The maximum Gasteiger partial charge on any atom is 0.277 e. The molecule has 0 bridgehead atoms. The lowest BCUT2D eigenvalue weighted by Crippen LogP contribution is -2.31. The number of nitrogens with zero attached hydrogens (tertiary/aromatic N) is 1. The second-order valence-electron chi connectivity index (χ2n) is 4.14. The van der Waals surface area contributed by atoms with Crippen LogP contribution in [0.1, 0.15) is 6.92 Å². The first kappa shape index (κ1) is 13.9. The monoisotopic (exact) mass is 276 g/mol. The summed E-state index contributed by atoms with van der Waals surface area (Å²) in [5.74, 6) is 0.518. The molecule has 2 rings (SSSR count). The van der Waals surface area contributed by atoms with E-state index >= 15 is 0 Å². The molecule has 0 spiro atoms.